The van der Waals surface area contributed by atoms with Crippen molar-refractivity contribution in [3.8, 4) is 0 Å². The van der Waals surface area contributed by atoms with Gasteiger partial charge in [0.05, 0.1) is 17.1 Å². The molecule has 152 valence electrons. The predicted molar refractivity (Wildman–Crippen MR) is 121 cm³/mol. The normalized spacial score (nSPS) is 10.9. The first kappa shape index (κ1) is 21.8. The van der Waals surface area contributed by atoms with Crippen LogP contribution in [0.2, 0.25) is 15.1 Å². The Labute approximate surface area is 186 Å². The molecular weight excluding hydrogens is 427 g/mol. The Kier molecular flexibility index (Phi) is 7.65. The van der Waals surface area contributed by atoms with Gasteiger partial charge >= 0.3 is 0 Å². The summed E-state index contributed by atoms with van der Waals surface area (Å²) in [6.07, 6.45) is 3.93. The smallest absolute Gasteiger partial charge is 0.255 e. The summed E-state index contributed by atoms with van der Waals surface area (Å²) in [4.78, 5) is 15.0. The lowest BCUT2D eigenvalue weighted by Crippen LogP contribution is -2.32. The molecule has 1 heterocycles. The van der Waals surface area contributed by atoms with Gasteiger partial charge in [0.1, 0.15) is 0 Å². The first-order valence-corrected chi connectivity index (χ1v) is 10.7. The largest absolute Gasteiger partial charge is 0.345 e. The van der Waals surface area contributed by atoms with Crippen molar-refractivity contribution in [3.05, 3.63) is 92.7 Å². The molecule has 0 aliphatic carbocycles. The van der Waals surface area contributed by atoms with E-state index in [1.807, 2.05) is 47.5 Å². The van der Waals surface area contributed by atoms with Crippen molar-refractivity contribution < 1.29 is 4.79 Å². The van der Waals surface area contributed by atoms with Crippen molar-refractivity contribution in [2.75, 3.05) is 6.54 Å². The molecule has 0 aliphatic rings. The van der Waals surface area contributed by atoms with Crippen LogP contribution in [0.5, 0.6) is 0 Å². The quantitative estimate of drug-likeness (QED) is 0.365. The summed E-state index contributed by atoms with van der Waals surface area (Å²) in [7, 11) is 0. The molecule has 2 aromatic carbocycles. The van der Waals surface area contributed by atoms with Crippen LogP contribution in [-0.2, 0) is 13.1 Å². The minimum absolute atomic E-state index is 0.0920. The topological polar surface area (TPSA) is 25.2 Å². The highest BCUT2D eigenvalue weighted by molar-refractivity contribution is 6.36. The maximum absolute atomic E-state index is 13.2. The fourth-order valence-corrected chi connectivity index (χ4v) is 3.87. The van der Waals surface area contributed by atoms with Crippen LogP contribution in [0.3, 0.4) is 0 Å². The van der Waals surface area contributed by atoms with Crippen LogP contribution in [0.1, 0.15) is 41.4 Å². The van der Waals surface area contributed by atoms with Crippen molar-refractivity contribution >= 4 is 40.7 Å². The van der Waals surface area contributed by atoms with Gasteiger partial charge in [-0.25, -0.2) is 0 Å². The highest BCUT2D eigenvalue weighted by atomic mass is 35.5. The van der Waals surface area contributed by atoms with Crippen LogP contribution >= 0.6 is 34.8 Å². The first-order valence-electron chi connectivity index (χ1n) is 9.61. The molecule has 0 bridgehead atoms. The van der Waals surface area contributed by atoms with Gasteiger partial charge in [-0.05, 0) is 48.4 Å². The fraction of sp³-hybridized carbons (Fsp3) is 0.261. The molecule has 3 nitrogen and oxygen atoms in total. The molecule has 3 aromatic rings. The lowest BCUT2D eigenvalue weighted by Gasteiger charge is -2.24. The Morgan fingerprint density at radius 2 is 1.79 bits per heavy atom. The maximum atomic E-state index is 13.2. The molecule has 0 N–H and O–H groups in total. The Hall–Kier alpha value is -1.94. The van der Waals surface area contributed by atoms with Crippen LogP contribution in [0.4, 0.5) is 0 Å². The van der Waals surface area contributed by atoms with Gasteiger partial charge < -0.3 is 9.47 Å². The number of nitrogens with zero attached hydrogens (tertiary/aromatic N) is 2. The zero-order chi connectivity index (χ0) is 20.8. The highest BCUT2D eigenvalue weighted by Gasteiger charge is 2.20. The van der Waals surface area contributed by atoms with Crippen molar-refractivity contribution in [3.63, 3.8) is 0 Å². The summed E-state index contributed by atoms with van der Waals surface area (Å²) < 4.78 is 2.12. The van der Waals surface area contributed by atoms with E-state index in [0.29, 0.717) is 35.2 Å². The van der Waals surface area contributed by atoms with E-state index >= 15 is 0 Å². The average molecular weight is 450 g/mol. The molecule has 0 fully saturated rings. The van der Waals surface area contributed by atoms with Gasteiger partial charge in [0.2, 0.25) is 0 Å². The van der Waals surface area contributed by atoms with Gasteiger partial charge in [-0.1, -0.05) is 66.3 Å². The Morgan fingerprint density at radius 1 is 1.00 bits per heavy atom. The zero-order valence-corrected chi connectivity index (χ0v) is 18.5. The van der Waals surface area contributed by atoms with E-state index < -0.39 is 0 Å². The number of benzene rings is 2. The van der Waals surface area contributed by atoms with Crippen molar-refractivity contribution in [2.45, 2.75) is 32.9 Å². The molecule has 6 heteroatoms. The SMILES string of the molecule is CCCCN(Cc1cccn1Cc1ccccc1Cl)C(=O)c1ccc(Cl)cc1Cl. The molecule has 3 rings (SSSR count). The monoisotopic (exact) mass is 448 g/mol. The summed E-state index contributed by atoms with van der Waals surface area (Å²) in [5, 5.41) is 1.62. The Balaban J connectivity index is 1.83. The Bertz CT molecular complexity index is 984. The Morgan fingerprint density at radius 3 is 2.52 bits per heavy atom. The van der Waals surface area contributed by atoms with Crippen LogP contribution in [0, 0.1) is 0 Å². The zero-order valence-electron chi connectivity index (χ0n) is 16.2. The summed E-state index contributed by atoms with van der Waals surface area (Å²) in [6, 6.07) is 16.8. The van der Waals surface area contributed by atoms with Crippen molar-refractivity contribution in [1.29, 1.82) is 0 Å². The summed E-state index contributed by atoms with van der Waals surface area (Å²) >= 11 is 18.6. The summed E-state index contributed by atoms with van der Waals surface area (Å²) in [5.41, 5.74) is 2.55. The number of unbranched alkanes of at least 4 members (excludes halogenated alkanes) is 1. The minimum Gasteiger partial charge on any atom is -0.345 e. The second kappa shape index (κ2) is 10.2. The van der Waals surface area contributed by atoms with Gasteiger partial charge in [-0.2, -0.15) is 0 Å². The van der Waals surface area contributed by atoms with E-state index in [4.69, 9.17) is 34.8 Å². The predicted octanol–water partition coefficient (Wildman–Crippen LogP) is 6.94. The molecule has 0 unspecified atom stereocenters. The molecule has 29 heavy (non-hydrogen) atoms. The van der Waals surface area contributed by atoms with Crippen LogP contribution in [-0.4, -0.2) is 21.9 Å². The summed E-state index contributed by atoms with van der Waals surface area (Å²) in [5.74, 6) is -0.0920. The molecular formula is C23H23Cl3N2O. The van der Waals surface area contributed by atoms with E-state index in [1.165, 1.54) is 0 Å². The fourth-order valence-electron chi connectivity index (χ4n) is 3.19. The molecule has 1 amide bonds. The van der Waals surface area contributed by atoms with E-state index in [0.717, 1.165) is 29.1 Å². The van der Waals surface area contributed by atoms with E-state index in [-0.39, 0.29) is 5.91 Å². The van der Waals surface area contributed by atoms with Gasteiger partial charge in [0.15, 0.2) is 0 Å². The minimum atomic E-state index is -0.0920. The van der Waals surface area contributed by atoms with Crippen LogP contribution in [0.25, 0.3) is 0 Å². The van der Waals surface area contributed by atoms with E-state index in [9.17, 15) is 4.79 Å². The first-order chi connectivity index (χ1) is 14.0. The van der Waals surface area contributed by atoms with Crippen molar-refractivity contribution in [2.24, 2.45) is 0 Å². The molecule has 1 aromatic heterocycles. The van der Waals surface area contributed by atoms with Crippen molar-refractivity contribution in [1.82, 2.24) is 9.47 Å². The van der Waals surface area contributed by atoms with Gasteiger partial charge in [-0.3, -0.25) is 4.79 Å². The third kappa shape index (κ3) is 5.57. The van der Waals surface area contributed by atoms with E-state index in [1.54, 1.807) is 18.2 Å². The standard InChI is InChI=1S/C23H23Cl3N2O/c1-2-3-12-28(23(29)20-11-10-18(24)14-22(20)26)16-19-8-6-13-27(19)15-17-7-4-5-9-21(17)25/h4-11,13-14H,2-3,12,15-16H2,1H3. The number of hydrogen-bond acceptors (Lipinski definition) is 1. The number of aromatic nitrogens is 1. The second-order valence-corrected chi connectivity index (χ2v) is 8.17. The van der Waals surface area contributed by atoms with Crippen LogP contribution in [0.15, 0.2) is 60.8 Å². The highest BCUT2D eigenvalue weighted by Crippen LogP contribution is 2.24. The van der Waals surface area contributed by atoms with Gasteiger partial charge in [0.25, 0.3) is 5.91 Å². The lowest BCUT2D eigenvalue weighted by atomic mass is 10.1. The maximum Gasteiger partial charge on any atom is 0.255 e. The molecule has 0 radical (unpaired) electrons. The average Bonchev–Trinajstić information content (AvgIpc) is 3.13. The number of rotatable bonds is 8. The number of hydrogen-bond donors (Lipinski definition) is 0. The lowest BCUT2D eigenvalue weighted by molar-refractivity contribution is 0.0737. The molecule has 0 spiro atoms. The van der Waals surface area contributed by atoms with E-state index in [2.05, 4.69) is 11.5 Å². The third-order valence-electron chi connectivity index (χ3n) is 4.81. The summed E-state index contributed by atoms with van der Waals surface area (Å²) in [6.45, 7) is 3.92. The van der Waals surface area contributed by atoms with Crippen LogP contribution < -0.4 is 0 Å². The number of halogens is 3. The molecule has 0 aliphatic heterocycles. The molecule has 0 saturated heterocycles. The second-order valence-electron chi connectivity index (χ2n) is 6.92. The van der Waals surface area contributed by atoms with Gasteiger partial charge in [-0.15, -0.1) is 0 Å². The third-order valence-corrected chi connectivity index (χ3v) is 5.72. The number of amides is 1. The van der Waals surface area contributed by atoms with Gasteiger partial charge in [0, 0.05) is 35.0 Å². The molecule has 0 atom stereocenters. The number of carbonyl (C=O) groups is 1. The number of carbonyl (C=O) groups excluding carboxylic acids is 1. The molecule has 0 saturated carbocycles.